The molecular formula is C30H33N7S. The molecule has 0 aliphatic heterocycles. The first-order valence-electron chi connectivity index (χ1n) is 12.6. The van der Waals surface area contributed by atoms with Gasteiger partial charge in [0.05, 0.1) is 28.8 Å². The third-order valence-corrected chi connectivity index (χ3v) is 6.78. The van der Waals surface area contributed by atoms with E-state index in [1.807, 2.05) is 51.1 Å². The molecule has 0 bridgehead atoms. The van der Waals surface area contributed by atoms with Crippen LogP contribution in [0.1, 0.15) is 44.0 Å². The molecular weight excluding hydrogens is 490 g/mol. The average Bonchev–Trinajstić information content (AvgIpc) is 3.68. The van der Waals surface area contributed by atoms with Crippen LogP contribution in [0.5, 0.6) is 0 Å². The zero-order chi connectivity index (χ0) is 27.2. The van der Waals surface area contributed by atoms with E-state index in [4.69, 9.17) is 9.97 Å². The van der Waals surface area contributed by atoms with Crippen molar-refractivity contribution in [3.05, 3.63) is 95.4 Å². The van der Waals surface area contributed by atoms with Gasteiger partial charge >= 0.3 is 0 Å². The minimum absolute atomic E-state index is 0.319. The van der Waals surface area contributed by atoms with Gasteiger partial charge in [-0.1, -0.05) is 59.1 Å². The Morgan fingerprint density at radius 1 is 1.13 bits per heavy atom. The number of imidazole rings is 1. The van der Waals surface area contributed by atoms with Crippen LogP contribution in [0.2, 0.25) is 0 Å². The van der Waals surface area contributed by atoms with E-state index in [-0.39, 0.29) is 0 Å². The van der Waals surface area contributed by atoms with Crippen LogP contribution in [0.3, 0.4) is 0 Å². The molecule has 0 fully saturated rings. The Morgan fingerprint density at radius 3 is 2.66 bits per heavy atom. The second-order valence-corrected chi connectivity index (χ2v) is 9.73. The first-order valence-corrected chi connectivity index (χ1v) is 13.5. The highest BCUT2D eigenvalue weighted by Gasteiger charge is 2.19. The van der Waals surface area contributed by atoms with Crippen molar-refractivity contribution in [3.8, 4) is 22.8 Å². The van der Waals surface area contributed by atoms with Crippen LogP contribution in [0.4, 0.5) is 5.69 Å². The van der Waals surface area contributed by atoms with Gasteiger partial charge in [0.2, 0.25) is 0 Å². The molecule has 0 aliphatic carbocycles. The molecule has 5 aromatic heterocycles. The van der Waals surface area contributed by atoms with E-state index in [9.17, 15) is 0 Å². The number of hydrogen-bond donors (Lipinski definition) is 3. The maximum Gasteiger partial charge on any atom is 0.161 e. The lowest BCUT2D eigenvalue weighted by Gasteiger charge is -2.13. The highest BCUT2D eigenvalue weighted by molar-refractivity contribution is 7.11. The fourth-order valence-corrected chi connectivity index (χ4v) is 4.62. The Labute approximate surface area is 227 Å². The van der Waals surface area contributed by atoms with Crippen molar-refractivity contribution >= 4 is 33.6 Å². The minimum Gasteiger partial charge on any atom is -0.358 e. The molecule has 5 rings (SSSR count). The lowest BCUT2D eigenvalue weighted by atomic mass is 10.1. The van der Waals surface area contributed by atoms with E-state index >= 15 is 0 Å². The van der Waals surface area contributed by atoms with Gasteiger partial charge in [-0.2, -0.15) is 5.10 Å². The maximum absolute atomic E-state index is 4.93. The number of nitrogens with one attached hydrogen (secondary N) is 3. The summed E-state index contributed by atoms with van der Waals surface area (Å²) >= 11 is 1.67. The molecule has 3 N–H and O–H groups in total. The van der Waals surface area contributed by atoms with Gasteiger partial charge in [0.15, 0.2) is 11.5 Å². The number of aromatic amines is 2. The van der Waals surface area contributed by atoms with Crippen molar-refractivity contribution in [2.75, 3.05) is 5.32 Å². The van der Waals surface area contributed by atoms with Crippen LogP contribution in [-0.2, 0) is 0 Å². The van der Waals surface area contributed by atoms with E-state index in [1.165, 1.54) is 0 Å². The molecule has 0 saturated heterocycles. The maximum atomic E-state index is 4.93. The number of allylic oxidation sites excluding steroid dienone is 3. The monoisotopic (exact) mass is 523 g/mol. The molecule has 7 nitrogen and oxygen atoms in total. The minimum atomic E-state index is 0.319. The van der Waals surface area contributed by atoms with Gasteiger partial charge in [0.1, 0.15) is 5.52 Å². The third-order valence-electron chi connectivity index (χ3n) is 5.88. The lowest BCUT2D eigenvalue weighted by Crippen LogP contribution is -2.04. The van der Waals surface area contributed by atoms with Crippen molar-refractivity contribution in [2.45, 2.75) is 34.6 Å². The van der Waals surface area contributed by atoms with Crippen LogP contribution in [0.15, 0.2) is 79.1 Å². The summed E-state index contributed by atoms with van der Waals surface area (Å²) in [5.74, 6) is 0.978. The molecule has 38 heavy (non-hydrogen) atoms. The SMILES string of the molecule is C=C/C=C(/c1cccs1)c1nc(-c2n[nH]c3ccc(-c4cncc(NC(=C)C(C)C)c4)nc23)[nH]c1C.CC. The summed E-state index contributed by atoms with van der Waals surface area (Å²) in [7, 11) is 0. The Hall–Kier alpha value is -4.30. The summed E-state index contributed by atoms with van der Waals surface area (Å²) in [6, 6.07) is 10.1. The average molecular weight is 524 g/mol. The molecule has 0 saturated carbocycles. The number of aromatic nitrogens is 6. The molecule has 0 unspecified atom stereocenters. The highest BCUT2D eigenvalue weighted by atomic mass is 32.1. The predicted octanol–water partition coefficient (Wildman–Crippen LogP) is 8.01. The van der Waals surface area contributed by atoms with Crippen LogP contribution >= 0.6 is 11.3 Å². The van der Waals surface area contributed by atoms with Crippen molar-refractivity contribution in [2.24, 2.45) is 5.92 Å². The number of rotatable bonds is 8. The van der Waals surface area contributed by atoms with E-state index < -0.39 is 0 Å². The topological polar surface area (TPSA) is 95.2 Å². The fourth-order valence-electron chi connectivity index (χ4n) is 3.87. The molecule has 0 spiro atoms. The van der Waals surface area contributed by atoms with Crippen molar-refractivity contribution in [1.29, 1.82) is 0 Å². The number of fused-ring (bicyclic) bond motifs is 1. The van der Waals surface area contributed by atoms with E-state index in [0.717, 1.165) is 55.5 Å². The van der Waals surface area contributed by atoms with E-state index in [1.54, 1.807) is 29.8 Å². The number of anilines is 1. The second kappa shape index (κ2) is 11.8. The molecule has 5 heterocycles. The zero-order valence-corrected chi connectivity index (χ0v) is 23.3. The van der Waals surface area contributed by atoms with Crippen molar-refractivity contribution in [1.82, 2.24) is 30.1 Å². The van der Waals surface area contributed by atoms with Gasteiger partial charge in [-0.05, 0) is 42.5 Å². The first kappa shape index (κ1) is 26.8. The smallest absolute Gasteiger partial charge is 0.161 e. The summed E-state index contributed by atoms with van der Waals surface area (Å²) in [6.07, 6.45) is 7.36. The third kappa shape index (κ3) is 5.50. The largest absolute Gasteiger partial charge is 0.358 e. The standard InChI is InChI=1S/C28H27N7S.C2H6/c1-6-8-21(24-9-7-12-36-24)25-18(5)31-28(33-25)27-26-23(34-35-27)11-10-22(32-26)19-13-20(15-29-14-19)30-17(4)16(2)3;1-2/h6-16,30H,1,4H2,2-3,5H3,(H,31,33)(H,34,35);1-2H3/b21-8-;. The molecule has 5 aromatic rings. The number of H-pyrrole nitrogens is 2. The van der Waals surface area contributed by atoms with Crippen molar-refractivity contribution in [3.63, 3.8) is 0 Å². The van der Waals surface area contributed by atoms with Crippen LogP contribution in [0, 0.1) is 12.8 Å². The van der Waals surface area contributed by atoms with Crippen LogP contribution in [0.25, 0.3) is 39.4 Å². The Bertz CT molecular complexity index is 1590. The number of hydrogen-bond acceptors (Lipinski definition) is 6. The normalized spacial score (nSPS) is 11.4. The number of nitrogens with zero attached hydrogens (tertiary/aromatic N) is 4. The van der Waals surface area contributed by atoms with Crippen LogP contribution < -0.4 is 5.32 Å². The van der Waals surface area contributed by atoms with Crippen LogP contribution in [-0.4, -0.2) is 30.1 Å². The Kier molecular flexibility index (Phi) is 8.33. The number of pyridine rings is 2. The van der Waals surface area contributed by atoms with Gasteiger partial charge in [0.25, 0.3) is 0 Å². The summed E-state index contributed by atoms with van der Waals surface area (Å²) in [6.45, 7) is 18.2. The van der Waals surface area contributed by atoms with Gasteiger partial charge in [-0.15, -0.1) is 11.3 Å². The van der Waals surface area contributed by atoms with Gasteiger partial charge in [-0.25, -0.2) is 9.97 Å². The molecule has 8 heteroatoms. The summed E-state index contributed by atoms with van der Waals surface area (Å²) in [5.41, 5.74) is 8.59. The Balaban J connectivity index is 0.00000164. The molecule has 0 radical (unpaired) electrons. The number of thiophene rings is 1. The number of aryl methyl sites for hydroxylation is 1. The highest BCUT2D eigenvalue weighted by Crippen LogP contribution is 2.32. The summed E-state index contributed by atoms with van der Waals surface area (Å²) in [4.78, 5) is 18.8. The lowest BCUT2D eigenvalue weighted by molar-refractivity contribution is 0.778. The van der Waals surface area contributed by atoms with Gasteiger partial charge in [-0.3, -0.25) is 10.1 Å². The van der Waals surface area contributed by atoms with Gasteiger partial charge < -0.3 is 10.3 Å². The molecule has 0 amide bonds. The molecule has 0 atom stereocenters. The predicted molar refractivity (Wildman–Crippen MR) is 160 cm³/mol. The zero-order valence-electron chi connectivity index (χ0n) is 22.5. The van der Waals surface area contributed by atoms with E-state index in [0.29, 0.717) is 17.4 Å². The van der Waals surface area contributed by atoms with Gasteiger partial charge in [0, 0.05) is 33.6 Å². The summed E-state index contributed by atoms with van der Waals surface area (Å²) < 4.78 is 0. The quantitative estimate of drug-likeness (QED) is 0.179. The first-order chi connectivity index (χ1) is 18.4. The van der Waals surface area contributed by atoms with E-state index in [2.05, 4.69) is 63.9 Å². The molecule has 0 aromatic carbocycles. The summed E-state index contributed by atoms with van der Waals surface area (Å²) in [5, 5.41) is 13.0. The second-order valence-electron chi connectivity index (χ2n) is 8.78. The molecule has 194 valence electrons. The molecule has 0 aliphatic rings. The van der Waals surface area contributed by atoms with Crippen molar-refractivity contribution < 1.29 is 0 Å². The fraction of sp³-hybridized carbons (Fsp3) is 0.200. The Morgan fingerprint density at radius 2 is 1.95 bits per heavy atom.